The van der Waals surface area contributed by atoms with E-state index < -0.39 is 8.80 Å². The number of fused-ring (bicyclic) bond motifs is 1. The van der Waals surface area contributed by atoms with Crippen LogP contribution in [0.1, 0.15) is 6.42 Å². The summed E-state index contributed by atoms with van der Waals surface area (Å²) in [5.74, 6) is 1.05. The maximum atomic E-state index is 5.42. The van der Waals surface area contributed by atoms with Crippen molar-refractivity contribution in [2.45, 2.75) is 16.8 Å². The van der Waals surface area contributed by atoms with Crippen LogP contribution in [0, 0.1) is 0 Å². The lowest BCUT2D eigenvalue weighted by molar-refractivity contribution is 0.123. The minimum Gasteiger partial charge on any atom is -0.377 e. The Morgan fingerprint density at radius 3 is 2.44 bits per heavy atom. The number of nitrogens with zero attached hydrogens (tertiary/aromatic N) is 1. The molecule has 2 rings (SSSR count). The highest BCUT2D eigenvalue weighted by Gasteiger charge is 2.36. The van der Waals surface area contributed by atoms with Crippen molar-refractivity contribution in [1.29, 1.82) is 0 Å². The average Bonchev–Trinajstić information content (AvgIpc) is 3.07. The molecule has 0 saturated heterocycles. The molecular weight excluding hydrogens is 471 g/mol. The molecule has 0 spiro atoms. The van der Waals surface area contributed by atoms with Gasteiger partial charge in [-0.3, -0.25) is 0 Å². The van der Waals surface area contributed by atoms with Gasteiger partial charge in [-0.1, -0.05) is 22.9 Å². The molecule has 0 amide bonds. The molecule has 12 heteroatoms. The van der Waals surface area contributed by atoms with Gasteiger partial charge in [-0.25, -0.2) is 4.98 Å². The van der Waals surface area contributed by atoms with Crippen LogP contribution in [-0.2, 0) is 13.3 Å². The third-order valence-electron chi connectivity index (χ3n) is 3.15. The summed E-state index contributed by atoms with van der Waals surface area (Å²) in [6, 6.07) is 9.11. The van der Waals surface area contributed by atoms with E-state index in [2.05, 4.69) is 23.2 Å². The zero-order valence-corrected chi connectivity index (χ0v) is 20.7. The molecule has 140 valence electrons. The van der Waals surface area contributed by atoms with Crippen LogP contribution in [0.25, 0.3) is 10.2 Å². The van der Waals surface area contributed by atoms with Gasteiger partial charge in [0.15, 0.2) is 4.34 Å². The highest BCUT2D eigenvalue weighted by Crippen LogP contribution is 2.54. The fraction of sp³-hybridized carbons (Fsp3) is 0.462. The van der Waals surface area contributed by atoms with Crippen LogP contribution in [0.4, 0.5) is 0 Å². The Morgan fingerprint density at radius 2 is 1.72 bits per heavy atom. The number of hydrogen-bond donors (Lipinski definition) is 0. The normalized spacial score (nSPS) is 12.1. The molecule has 2 aromatic rings. The molecule has 0 fully saturated rings. The molecule has 0 bridgehead atoms. The fourth-order valence-corrected chi connectivity index (χ4v) is 16.7. The van der Waals surface area contributed by atoms with Crippen molar-refractivity contribution in [2.24, 2.45) is 0 Å². The monoisotopic (exact) mass is 489 g/mol. The van der Waals surface area contributed by atoms with Crippen molar-refractivity contribution in [3.05, 3.63) is 24.3 Å². The molecule has 0 radical (unpaired) electrons. The summed E-state index contributed by atoms with van der Waals surface area (Å²) in [6.07, 6.45) is 1.03. The van der Waals surface area contributed by atoms with E-state index in [1.807, 2.05) is 16.9 Å². The van der Waals surface area contributed by atoms with Gasteiger partial charge < -0.3 is 13.3 Å². The van der Waals surface area contributed by atoms with E-state index >= 15 is 0 Å². The average molecular weight is 490 g/mol. The molecule has 0 aliphatic carbocycles. The van der Waals surface area contributed by atoms with E-state index in [0.29, 0.717) is 0 Å². The van der Waals surface area contributed by atoms with E-state index in [-0.39, 0.29) is 0 Å². The first kappa shape index (κ1) is 22.6. The minimum absolute atomic E-state index is 0.851. The fourth-order valence-electron chi connectivity index (χ4n) is 1.91. The van der Waals surface area contributed by atoms with Gasteiger partial charge in [-0.15, -0.1) is 11.3 Å². The van der Waals surface area contributed by atoms with Crippen LogP contribution in [0.5, 0.6) is 0 Å². The Kier molecular flexibility index (Phi) is 11.5. The van der Waals surface area contributed by atoms with E-state index in [1.165, 1.54) is 4.70 Å². The Morgan fingerprint density at radius 1 is 1.00 bits per heavy atom. The Bertz CT molecular complexity index is 587. The van der Waals surface area contributed by atoms with Crippen molar-refractivity contribution < 1.29 is 13.3 Å². The summed E-state index contributed by atoms with van der Waals surface area (Å²) in [6.45, 7) is 0. The lowest BCUT2D eigenvalue weighted by atomic mass is 10.3. The highest BCUT2D eigenvalue weighted by molar-refractivity contribution is 9.41. The number of rotatable bonds is 13. The first-order chi connectivity index (χ1) is 12.2. The van der Waals surface area contributed by atoms with Crippen LogP contribution in [0.3, 0.4) is 0 Å². The molecule has 1 heterocycles. The Hall–Kier alpha value is 1.31. The first-order valence-electron chi connectivity index (χ1n) is 7.20. The van der Waals surface area contributed by atoms with Gasteiger partial charge in [-0.2, -0.15) is 0 Å². The number of hydrogen-bond acceptors (Lipinski definition) is 11. The predicted molar refractivity (Wildman–Crippen MR) is 125 cm³/mol. The zero-order valence-electron chi connectivity index (χ0n) is 14.0. The van der Waals surface area contributed by atoms with Gasteiger partial charge in [0.1, 0.15) is 0 Å². The molecule has 1 aromatic heterocycles. The van der Waals surface area contributed by atoms with Gasteiger partial charge in [0.2, 0.25) is 0 Å². The van der Waals surface area contributed by atoms with E-state index in [4.69, 9.17) is 13.3 Å². The van der Waals surface area contributed by atoms with Crippen molar-refractivity contribution in [3.8, 4) is 0 Å². The van der Waals surface area contributed by atoms with Gasteiger partial charge in [0.05, 0.1) is 10.2 Å². The second-order valence-corrected chi connectivity index (χ2v) is 18.4. The molecular formula is C13H19NO3S7Si. The van der Waals surface area contributed by atoms with E-state index in [0.717, 1.165) is 28.1 Å². The third-order valence-corrected chi connectivity index (χ3v) is 18.1. The maximum absolute atomic E-state index is 5.42. The minimum atomic E-state index is -2.40. The molecule has 0 aliphatic heterocycles. The first-order valence-corrected chi connectivity index (χ1v) is 17.6. The summed E-state index contributed by atoms with van der Waals surface area (Å²) in [7, 11) is 13.3. The van der Waals surface area contributed by atoms with Gasteiger partial charge in [-0.05, 0) is 68.7 Å². The smallest absolute Gasteiger partial charge is 0.377 e. The topological polar surface area (TPSA) is 40.6 Å². The molecule has 0 atom stereocenters. The lowest BCUT2D eigenvalue weighted by Crippen LogP contribution is -2.42. The molecule has 1 aromatic carbocycles. The van der Waals surface area contributed by atoms with Crippen LogP contribution in [0.2, 0.25) is 6.04 Å². The lowest BCUT2D eigenvalue weighted by Gasteiger charge is -2.23. The molecule has 0 unspecified atom stereocenters. The van der Waals surface area contributed by atoms with Crippen molar-refractivity contribution >= 4 is 91.2 Å². The quantitative estimate of drug-likeness (QED) is 0.168. The summed E-state index contributed by atoms with van der Waals surface area (Å²) in [4.78, 5) is 4.61. The number of thiazole rings is 1. The van der Waals surface area contributed by atoms with Gasteiger partial charge >= 0.3 is 8.80 Å². The van der Waals surface area contributed by atoms with E-state index in [9.17, 15) is 0 Å². The largest absolute Gasteiger partial charge is 0.500 e. The molecule has 0 N–H and O–H groups in total. The SMILES string of the molecule is CO[Si](CCCSSSSSSc1nc2ccccc2s1)(OC)OC. The molecule has 4 nitrogen and oxygen atoms in total. The van der Waals surface area contributed by atoms with Crippen molar-refractivity contribution in [2.75, 3.05) is 27.1 Å². The molecule has 0 aliphatic rings. The van der Waals surface area contributed by atoms with Gasteiger partial charge in [0.25, 0.3) is 0 Å². The summed E-state index contributed by atoms with van der Waals surface area (Å²) >= 11 is 1.75. The molecule has 0 saturated carbocycles. The van der Waals surface area contributed by atoms with E-state index in [1.54, 1.807) is 82.8 Å². The Labute approximate surface area is 176 Å². The maximum Gasteiger partial charge on any atom is 0.500 e. The third kappa shape index (κ3) is 7.68. The number of benzene rings is 1. The number of para-hydroxylation sites is 1. The standard InChI is InChI=1S/C13H19NO3S7Si/c1-15-25(16-2,17-3)10-6-9-18-21-23-24-22-20-13-14-11-7-4-5-8-12(11)19-13/h4-5,7-8H,6,9-10H2,1-3H3. The molecule has 25 heavy (non-hydrogen) atoms. The summed E-state index contributed by atoms with van der Waals surface area (Å²) in [5, 5.41) is 0. The Balaban J connectivity index is 1.51. The van der Waals surface area contributed by atoms with Crippen LogP contribution in [-0.4, -0.2) is 40.9 Å². The van der Waals surface area contributed by atoms with Crippen LogP contribution >= 0.6 is 72.2 Å². The predicted octanol–water partition coefficient (Wildman–Crippen LogP) is 6.90. The summed E-state index contributed by atoms with van der Waals surface area (Å²) in [5.41, 5.74) is 1.08. The van der Waals surface area contributed by atoms with Gasteiger partial charge in [0, 0.05) is 33.1 Å². The second kappa shape index (κ2) is 12.7. The highest BCUT2D eigenvalue weighted by atomic mass is 33.9. The zero-order chi connectivity index (χ0) is 18.0. The second-order valence-electron chi connectivity index (χ2n) is 4.52. The summed E-state index contributed by atoms with van der Waals surface area (Å²) < 4.78 is 18.6. The van der Waals surface area contributed by atoms with Crippen LogP contribution < -0.4 is 0 Å². The van der Waals surface area contributed by atoms with Crippen molar-refractivity contribution in [1.82, 2.24) is 4.98 Å². The number of aromatic nitrogens is 1. The van der Waals surface area contributed by atoms with Crippen LogP contribution in [0.15, 0.2) is 28.6 Å². The van der Waals surface area contributed by atoms with Crippen molar-refractivity contribution in [3.63, 3.8) is 0 Å².